The molecule has 4 aliphatic rings. The predicted octanol–water partition coefficient (Wildman–Crippen LogP) is 3.67. The Morgan fingerprint density at radius 1 is 0.843 bits per heavy atom. The summed E-state index contributed by atoms with van der Waals surface area (Å²) in [5, 5.41) is 48.5. The molecule has 0 aliphatic carbocycles. The maximum Gasteiger partial charge on any atom is 0.300 e. The summed E-state index contributed by atoms with van der Waals surface area (Å²) in [6.45, 7) is 8.49. The zero-order chi connectivity index (χ0) is 38.0. The largest absolute Gasteiger partial charge is 0.481 e. The fraction of sp³-hybridized carbons (Fsp3) is 0.531. The van der Waals surface area contributed by atoms with E-state index in [1.807, 2.05) is 33.8 Å². The molecule has 0 saturated carbocycles. The molecule has 0 amide bonds. The highest BCUT2D eigenvalue weighted by molar-refractivity contribution is 6.29. The topological polar surface area (TPSA) is 212 Å². The molecule has 6 heterocycles. The van der Waals surface area contributed by atoms with Crippen molar-refractivity contribution in [1.29, 1.82) is 0 Å². The quantitative estimate of drug-likeness (QED) is 0.209. The highest BCUT2D eigenvalue weighted by atomic mass is 35.5. The lowest BCUT2D eigenvalue weighted by atomic mass is 9.98. The van der Waals surface area contributed by atoms with E-state index in [4.69, 9.17) is 42.9 Å². The molecule has 2 saturated heterocycles. The molecule has 51 heavy (non-hydrogen) atoms. The van der Waals surface area contributed by atoms with Crippen LogP contribution < -0.4 is 0 Å². The molecular weight excluding hydrogens is 711 g/mol. The number of rotatable bonds is 7. The molecule has 3 N–H and O–H groups in total. The lowest BCUT2D eigenvalue weighted by molar-refractivity contribution is -0.439. The van der Waals surface area contributed by atoms with Gasteiger partial charge in [0.15, 0.2) is 11.6 Å². The third kappa shape index (κ3) is 10.4. The van der Waals surface area contributed by atoms with Gasteiger partial charge in [0.2, 0.25) is 0 Å². The summed E-state index contributed by atoms with van der Waals surface area (Å²) >= 11 is 11.6. The molecule has 280 valence electrons. The second-order valence-electron chi connectivity index (χ2n) is 12.1. The van der Waals surface area contributed by atoms with Crippen LogP contribution in [-0.4, -0.2) is 114 Å². The number of hydrogen-bond acceptors (Lipinski definition) is 14. The number of carboxylic acid groups (broad SMARTS) is 1. The van der Waals surface area contributed by atoms with Crippen LogP contribution in [0.3, 0.4) is 0 Å². The first kappa shape index (κ1) is 41.1. The van der Waals surface area contributed by atoms with Gasteiger partial charge < -0.3 is 39.7 Å². The molecule has 0 aromatic carbocycles. The van der Waals surface area contributed by atoms with E-state index in [9.17, 15) is 25.3 Å². The Morgan fingerprint density at radius 3 is 1.65 bits per heavy atom. The highest BCUT2D eigenvalue weighted by Crippen LogP contribution is 2.38. The first-order valence-corrected chi connectivity index (χ1v) is 16.8. The molecule has 4 aliphatic heterocycles. The van der Waals surface area contributed by atoms with E-state index in [-0.39, 0.29) is 39.3 Å². The molecule has 0 radical (unpaired) electrons. The summed E-state index contributed by atoms with van der Waals surface area (Å²) < 4.78 is 5.53. The monoisotopic (exact) mass is 754 g/mol. The number of halogens is 2. The maximum absolute atomic E-state index is 11.6. The number of carboxylic acids is 1. The molecule has 19 heteroatoms. The first-order chi connectivity index (χ1) is 24.2. The minimum absolute atomic E-state index is 0.114. The number of nitrogens with zero attached hydrogens (tertiary/aromatic N) is 8. The number of aliphatic carboxylic acids is 1. The van der Waals surface area contributed by atoms with Crippen LogP contribution in [0.15, 0.2) is 59.7 Å². The molecule has 2 aromatic rings. The van der Waals surface area contributed by atoms with E-state index >= 15 is 0 Å². The van der Waals surface area contributed by atoms with Crippen molar-refractivity contribution < 1.29 is 34.7 Å². The van der Waals surface area contributed by atoms with Gasteiger partial charge in [0.05, 0.1) is 21.7 Å². The van der Waals surface area contributed by atoms with Gasteiger partial charge in [0, 0.05) is 85.6 Å². The van der Waals surface area contributed by atoms with Crippen LogP contribution in [0.5, 0.6) is 0 Å². The Kier molecular flexibility index (Phi) is 15.2. The maximum atomic E-state index is 11.6. The van der Waals surface area contributed by atoms with E-state index in [1.54, 1.807) is 43.5 Å². The number of aliphatic hydroxyl groups is 2. The Bertz CT molecular complexity index is 1580. The number of hydrogen-bond donors (Lipinski definition) is 3. The van der Waals surface area contributed by atoms with Gasteiger partial charge in [-0.25, -0.2) is 9.97 Å². The molecule has 0 bridgehead atoms. The fourth-order valence-electron chi connectivity index (χ4n) is 6.47. The highest BCUT2D eigenvalue weighted by Gasteiger charge is 2.46. The standard InChI is InChI=1S/C15H19ClN4O3.C14H17ClN4O3.C2H4O2.CH4O/c1-10-7-13(23-2)19-6-5-18(15(19)14(10)20(21)22)9-11-3-4-12(16)17-8-11;1-9-6-12(20)18-5-4-17(14(18)13(9)19(21)22)8-10-2-3-11(15)16-7-10;1-2(3)4;1-2/h3-4,8,10,13H,5-7,9H2,1-2H3;2-3,7,9,12,20H,4-6,8H2,1H3;1H3,(H,3,4);2H,1H3. The van der Waals surface area contributed by atoms with Gasteiger partial charge in [0.1, 0.15) is 22.8 Å². The number of aliphatic hydroxyl groups excluding tert-OH is 2. The van der Waals surface area contributed by atoms with Crippen LogP contribution in [-0.2, 0) is 22.6 Å². The summed E-state index contributed by atoms with van der Waals surface area (Å²) in [5.74, 6) is -0.0490. The Hall–Kier alpha value is -4.29. The number of methoxy groups -OCH3 is 1. The average molecular weight is 756 g/mol. The van der Waals surface area contributed by atoms with Crippen molar-refractivity contribution in [3.05, 3.63) is 101 Å². The number of ether oxygens (including phenoxy) is 1. The number of nitro groups is 2. The van der Waals surface area contributed by atoms with E-state index in [2.05, 4.69) is 9.97 Å². The van der Waals surface area contributed by atoms with Crippen LogP contribution in [0, 0.1) is 32.1 Å². The zero-order valence-electron chi connectivity index (χ0n) is 29.1. The Morgan fingerprint density at radius 2 is 1.25 bits per heavy atom. The summed E-state index contributed by atoms with van der Waals surface area (Å²) in [4.78, 5) is 47.2. The number of allylic oxidation sites excluding steroid dienone is 2. The van der Waals surface area contributed by atoms with Gasteiger partial charge in [-0.3, -0.25) is 25.0 Å². The Balaban J connectivity index is 0.000000239. The van der Waals surface area contributed by atoms with Gasteiger partial charge in [-0.15, -0.1) is 0 Å². The van der Waals surface area contributed by atoms with E-state index in [0.29, 0.717) is 61.0 Å². The first-order valence-electron chi connectivity index (χ1n) is 16.1. The number of aromatic nitrogens is 2. The van der Waals surface area contributed by atoms with Crippen molar-refractivity contribution in [2.75, 3.05) is 40.4 Å². The molecular formula is C32H44Cl2N8O9. The average Bonchev–Trinajstić information content (AvgIpc) is 3.68. The van der Waals surface area contributed by atoms with Crippen LogP contribution >= 0.6 is 23.2 Å². The lowest BCUT2D eigenvalue weighted by Gasteiger charge is -2.36. The lowest BCUT2D eigenvalue weighted by Crippen LogP contribution is -2.42. The van der Waals surface area contributed by atoms with Crippen molar-refractivity contribution in [2.45, 2.75) is 59.2 Å². The normalized spacial score (nSPS) is 22.1. The molecule has 2 fully saturated rings. The smallest absolute Gasteiger partial charge is 0.300 e. The van der Waals surface area contributed by atoms with Crippen LogP contribution in [0.2, 0.25) is 10.3 Å². The Labute approximate surface area is 305 Å². The van der Waals surface area contributed by atoms with E-state index < -0.39 is 12.2 Å². The van der Waals surface area contributed by atoms with Crippen LogP contribution in [0.25, 0.3) is 0 Å². The summed E-state index contributed by atoms with van der Waals surface area (Å²) in [6, 6.07) is 7.18. The number of pyridine rings is 2. The molecule has 6 rings (SSSR count). The van der Waals surface area contributed by atoms with Crippen molar-refractivity contribution in [1.82, 2.24) is 29.6 Å². The summed E-state index contributed by atoms with van der Waals surface area (Å²) in [5.41, 5.74) is 2.36. The zero-order valence-corrected chi connectivity index (χ0v) is 30.6. The third-order valence-electron chi connectivity index (χ3n) is 8.57. The van der Waals surface area contributed by atoms with Gasteiger partial charge in [-0.1, -0.05) is 49.2 Å². The third-order valence-corrected chi connectivity index (χ3v) is 9.02. The minimum atomic E-state index is -0.833. The molecule has 4 unspecified atom stereocenters. The molecule has 2 aromatic heterocycles. The summed E-state index contributed by atoms with van der Waals surface area (Å²) in [6.07, 6.45) is 3.61. The van der Waals surface area contributed by atoms with Crippen molar-refractivity contribution in [3.8, 4) is 0 Å². The molecule has 0 spiro atoms. The minimum Gasteiger partial charge on any atom is -0.481 e. The van der Waals surface area contributed by atoms with Gasteiger partial charge in [-0.2, -0.15) is 0 Å². The van der Waals surface area contributed by atoms with E-state index in [0.717, 1.165) is 38.2 Å². The van der Waals surface area contributed by atoms with Gasteiger partial charge in [-0.05, 0) is 23.3 Å². The molecule has 4 atom stereocenters. The number of fused-ring (bicyclic) bond motifs is 2. The van der Waals surface area contributed by atoms with Crippen molar-refractivity contribution >= 4 is 29.2 Å². The van der Waals surface area contributed by atoms with Gasteiger partial charge in [0.25, 0.3) is 17.4 Å². The second kappa shape index (κ2) is 18.8. The predicted molar refractivity (Wildman–Crippen MR) is 187 cm³/mol. The number of carbonyl (C=O) groups is 1. The van der Waals surface area contributed by atoms with E-state index in [1.165, 1.54) is 0 Å². The van der Waals surface area contributed by atoms with Crippen molar-refractivity contribution in [3.63, 3.8) is 0 Å². The van der Waals surface area contributed by atoms with Crippen molar-refractivity contribution in [2.24, 2.45) is 11.8 Å². The fourth-order valence-corrected chi connectivity index (χ4v) is 6.69. The summed E-state index contributed by atoms with van der Waals surface area (Å²) in [7, 11) is 2.65. The van der Waals surface area contributed by atoms with Crippen LogP contribution in [0.4, 0.5) is 0 Å². The van der Waals surface area contributed by atoms with Gasteiger partial charge >= 0.3 is 0 Å². The second-order valence-corrected chi connectivity index (χ2v) is 12.9. The SMILES string of the molecule is CC(=O)O.CC1CC(O)N2CCN(Cc3ccc(Cl)nc3)C2=C1[N+](=O)[O-].CO.COC1CC(C)C([N+](=O)[O-])=C2N(Cc3ccc(Cl)nc3)CCN21. The molecule has 17 nitrogen and oxygen atoms in total. The van der Waals surface area contributed by atoms with Crippen LogP contribution in [0.1, 0.15) is 44.7 Å².